The largest absolute Gasteiger partial charge is 0.481 e. The first-order valence-corrected chi connectivity index (χ1v) is 7.31. The van der Waals surface area contributed by atoms with Gasteiger partial charge in [0.25, 0.3) is 5.91 Å². The minimum atomic E-state index is -0.533. The number of halogens is 1. The van der Waals surface area contributed by atoms with Crippen molar-refractivity contribution >= 4 is 17.5 Å². The molecule has 0 aliphatic carbocycles. The van der Waals surface area contributed by atoms with Gasteiger partial charge in [-0.05, 0) is 37.5 Å². The van der Waals surface area contributed by atoms with E-state index in [-0.39, 0.29) is 11.9 Å². The summed E-state index contributed by atoms with van der Waals surface area (Å²) in [7, 11) is 0. The Morgan fingerprint density at radius 1 is 1.55 bits per heavy atom. The molecule has 3 unspecified atom stereocenters. The number of nitrogens with two attached hydrogens (primary N) is 1. The van der Waals surface area contributed by atoms with E-state index in [1.54, 1.807) is 36.1 Å². The van der Waals surface area contributed by atoms with Crippen molar-refractivity contribution in [1.82, 2.24) is 4.90 Å². The number of carbonyl (C=O) groups excluding carboxylic acids is 1. The summed E-state index contributed by atoms with van der Waals surface area (Å²) in [4.78, 5) is 14.1. The van der Waals surface area contributed by atoms with Gasteiger partial charge in [-0.3, -0.25) is 4.79 Å². The van der Waals surface area contributed by atoms with Gasteiger partial charge in [0.15, 0.2) is 6.10 Å². The van der Waals surface area contributed by atoms with Crippen LogP contribution in [0.3, 0.4) is 0 Å². The predicted molar refractivity (Wildman–Crippen MR) is 79.9 cm³/mol. The molecule has 20 heavy (non-hydrogen) atoms. The molecule has 1 fully saturated rings. The third kappa shape index (κ3) is 3.64. The third-order valence-corrected chi connectivity index (χ3v) is 4.02. The number of likely N-dealkylation sites (tertiary alicyclic amines) is 1. The van der Waals surface area contributed by atoms with E-state index in [2.05, 4.69) is 6.92 Å². The van der Waals surface area contributed by atoms with Crippen LogP contribution in [0.1, 0.15) is 20.3 Å². The van der Waals surface area contributed by atoms with Crippen molar-refractivity contribution in [2.75, 3.05) is 13.1 Å². The van der Waals surface area contributed by atoms with E-state index in [1.165, 1.54) is 0 Å². The fourth-order valence-electron chi connectivity index (χ4n) is 2.35. The summed E-state index contributed by atoms with van der Waals surface area (Å²) in [5.74, 6) is 1.04. The van der Waals surface area contributed by atoms with Crippen molar-refractivity contribution in [3.8, 4) is 5.75 Å². The molecule has 1 aliphatic heterocycles. The van der Waals surface area contributed by atoms with Gasteiger partial charge in [-0.15, -0.1) is 0 Å². The number of ether oxygens (including phenoxy) is 1. The maximum Gasteiger partial charge on any atom is 0.263 e. The summed E-state index contributed by atoms with van der Waals surface area (Å²) in [6.45, 7) is 5.23. The van der Waals surface area contributed by atoms with Gasteiger partial charge < -0.3 is 15.4 Å². The average Bonchev–Trinajstić information content (AvgIpc) is 2.41. The van der Waals surface area contributed by atoms with Crippen molar-refractivity contribution in [1.29, 1.82) is 0 Å². The Hall–Kier alpha value is -1.26. The van der Waals surface area contributed by atoms with Crippen LogP contribution < -0.4 is 10.5 Å². The van der Waals surface area contributed by atoms with Crippen LogP contribution in [0.25, 0.3) is 0 Å². The second-order valence-electron chi connectivity index (χ2n) is 5.43. The zero-order valence-corrected chi connectivity index (χ0v) is 12.6. The van der Waals surface area contributed by atoms with Gasteiger partial charge in [-0.1, -0.05) is 24.6 Å². The summed E-state index contributed by atoms with van der Waals surface area (Å²) < 4.78 is 5.66. The second kappa shape index (κ2) is 6.46. The van der Waals surface area contributed by atoms with E-state index >= 15 is 0 Å². The Labute approximate surface area is 124 Å². The molecule has 0 spiro atoms. The zero-order valence-electron chi connectivity index (χ0n) is 11.9. The Morgan fingerprint density at radius 3 is 2.95 bits per heavy atom. The lowest BCUT2D eigenvalue weighted by molar-refractivity contribution is -0.139. The topological polar surface area (TPSA) is 55.6 Å². The normalized spacial score (nSPS) is 24.3. The number of nitrogens with zero attached hydrogens (tertiary/aromatic N) is 1. The van der Waals surface area contributed by atoms with Crippen LogP contribution in [0, 0.1) is 5.92 Å². The summed E-state index contributed by atoms with van der Waals surface area (Å²) in [5, 5.41) is 0.593. The lowest BCUT2D eigenvalue weighted by Crippen LogP contribution is -2.52. The number of benzene rings is 1. The van der Waals surface area contributed by atoms with Gasteiger partial charge in [0.1, 0.15) is 5.75 Å². The maximum atomic E-state index is 12.4. The molecule has 2 rings (SSSR count). The van der Waals surface area contributed by atoms with E-state index in [9.17, 15) is 4.79 Å². The van der Waals surface area contributed by atoms with Crippen LogP contribution in [0.15, 0.2) is 24.3 Å². The number of hydrogen-bond acceptors (Lipinski definition) is 3. The molecule has 0 aromatic heterocycles. The van der Waals surface area contributed by atoms with Crippen LogP contribution in [0.4, 0.5) is 0 Å². The van der Waals surface area contributed by atoms with Gasteiger partial charge in [0.2, 0.25) is 0 Å². The molecule has 0 saturated carbocycles. The molecule has 4 nitrogen and oxygen atoms in total. The quantitative estimate of drug-likeness (QED) is 0.931. The highest BCUT2D eigenvalue weighted by molar-refractivity contribution is 6.30. The maximum absolute atomic E-state index is 12.4. The standard InChI is InChI=1S/C15H21ClN2O2/c1-10-6-7-18(9-14(10)17)15(19)11(2)20-13-5-3-4-12(16)8-13/h3-5,8,10-11,14H,6-7,9,17H2,1-2H3. The molecule has 5 heteroatoms. The number of amides is 1. The number of hydrogen-bond donors (Lipinski definition) is 1. The Kier molecular flexibility index (Phi) is 4.89. The van der Waals surface area contributed by atoms with Crippen molar-refractivity contribution in [2.45, 2.75) is 32.4 Å². The van der Waals surface area contributed by atoms with Crippen LogP contribution in [-0.2, 0) is 4.79 Å². The van der Waals surface area contributed by atoms with E-state index in [0.717, 1.165) is 13.0 Å². The first kappa shape index (κ1) is 15.1. The first-order chi connectivity index (χ1) is 9.47. The van der Waals surface area contributed by atoms with E-state index in [0.29, 0.717) is 23.2 Å². The van der Waals surface area contributed by atoms with Crippen molar-refractivity contribution in [2.24, 2.45) is 11.7 Å². The second-order valence-corrected chi connectivity index (χ2v) is 5.87. The summed E-state index contributed by atoms with van der Waals surface area (Å²) in [6.07, 6.45) is 0.408. The molecule has 0 radical (unpaired) electrons. The van der Waals surface area contributed by atoms with Gasteiger partial charge in [0, 0.05) is 24.2 Å². The van der Waals surface area contributed by atoms with Crippen LogP contribution in [0.5, 0.6) is 5.75 Å². The average molecular weight is 297 g/mol. The number of rotatable bonds is 3. The van der Waals surface area contributed by atoms with Crippen LogP contribution in [-0.4, -0.2) is 36.0 Å². The fourth-order valence-corrected chi connectivity index (χ4v) is 2.53. The molecular formula is C15H21ClN2O2. The molecule has 110 valence electrons. The van der Waals surface area contributed by atoms with Crippen LogP contribution in [0.2, 0.25) is 5.02 Å². The third-order valence-electron chi connectivity index (χ3n) is 3.78. The Morgan fingerprint density at radius 2 is 2.30 bits per heavy atom. The molecule has 1 aromatic carbocycles. The molecular weight excluding hydrogens is 276 g/mol. The lowest BCUT2D eigenvalue weighted by atomic mass is 9.94. The molecule has 2 N–H and O–H groups in total. The molecule has 1 aliphatic rings. The zero-order chi connectivity index (χ0) is 14.7. The van der Waals surface area contributed by atoms with Gasteiger partial charge in [-0.25, -0.2) is 0 Å². The van der Waals surface area contributed by atoms with E-state index in [4.69, 9.17) is 22.1 Å². The van der Waals surface area contributed by atoms with Crippen molar-refractivity contribution in [3.05, 3.63) is 29.3 Å². The van der Waals surface area contributed by atoms with Gasteiger partial charge in [0.05, 0.1) is 0 Å². The molecule has 0 bridgehead atoms. The lowest BCUT2D eigenvalue weighted by Gasteiger charge is -2.36. The predicted octanol–water partition coefficient (Wildman–Crippen LogP) is 2.30. The Balaban J connectivity index is 1.95. The highest BCUT2D eigenvalue weighted by Gasteiger charge is 2.29. The van der Waals surface area contributed by atoms with E-state index < -0.39 is 6.10 Å². The molecule has 1 amide bonds. The minimum Gasteiger partial charge on any atom is -0.481 e. The SMILES string of the molecule is CC(Oc1cccc(Cl)c1)C(=O)N1CCC(C)C(N)C1. The van der Waals surface area contributed by atoms with Gasteiger partial charge >= 0.3 is 0 Å². The fraction of sp³-hybridized carbons (Fsp3) is 0.533. The highest BCUT2D eigenvalue weighted by Crippen LogP contribution is 2.20. The monoisotopic (exact) mass is 296 g/mol. The Bertz CT molecular complexity index is 481. The van der Waals surface area contributed by atoms with Crippen molar-refractivity contribution in [3.63, 3.8) is 0 Å². The van der Waals surface area contributed by atoms with Crippen molar-refractivity contribution < 1.29 is 9.53 Å². The number of carbonyl (C=O) groups is 1. The van der Waals surface area contributed by atoms with E-state index in [1.807, 2.05) is 0 Å². The highest BCUT2D eigenvalue weighted by atomic mass is 35.5. The minimum absolute atomic E-state index is 0.0210. The summed E-state index contributed by atoms with van der Waals surface area (Å²) >= 11 is 5.90. The molecule has 1 aromatic rings. The molecule has 3 atom stereocenters. The smallest absolute Gasteiger partial charge is 0.263 e. The number of piperidine rings is 1. The first-order valence-electron chi connectivity index (χ1n) is 6.94. The molecule has 1 saturated heterocycles. The van der Waals surface area contributed by atoms with Crippen LogP contribution >= 0.6 is 11.6 Å². The summed E-state index contributed by atoms with van der Waals surface area (Å²) in [5.41, 5.74) is 6.03. The molecule has 1 heterocycles. The summed E-state index contributed by atoms with van der Waals surface area (Å²) in [6, 6.07) is 7.11. The van der Waals surface area contributed by atoms with Gasteiger partial charge in [-0.2, -0.15) is 0 Å².